The Morgan fingerprint density at radius 2 is 1.77 bits per heavy atom. The maximum absolute atomic E-state index is 12.4. The molecule has 22 heavy (non-hydrogen) atoms. The van der Waals surface area contributed by atoms with Gasteiger partial charge in [0.05, 0.1) is 5.60 Å². The number of primary amides is 1. The van der Waals surface area contributed by atoms with Gasteiger partial charge in [-0.2, -0.15) is 0 Å². The van der Waals surface area contributed by atoms with E-state index in [0.717, 1.165) is 4.90 Å². The largest absolute Gasteiger partial charge is 0.390 e. The number of rotatable bonds is 8. The van der Waals surface area contributed by atoms with Crippen LogP contribution in [-0.4, -0.2) is 58.4 Å². The van der Waals surface area contributed by atoms with E-state index in [-0.39, 0.29) is 18.0 Å². The summed E-state index contributed by atoms with van der Waals surface area (Å²) < 4.78 is 0. The minimum absolute atomic E-state index is 0.00945. The Morgan fingerprint density at radius 3 is 2.14 bits per heavy atom. The summed E-state index contributed by atoms with van der Waals surface area (Å²) in [6.07, 6.45) is 0.947. The molecule has 7 nitrogen and oxygen atoms in total. The zero-order valence-corrected chi connectivity index (χ0v) is 14.0. The Kier molecular flexibility index (Phi) is 7.25. The standard InChI is InChI=1S/C15H27N3O4/c1-7-8-12(19)17(5)10(2)14(21)18(6)11(13(16)20)9-15(3,4)22/h11,22H,2,7-9H2,1,3-6H3,(H2,16,20)/t11-/m0/s1. The predicted molar refractivity (Wildman–Crippen MR) is 83.5 cm³/mol. The van der Waals surface area contributed by atoms with Gasteiger partial charge >= 0.3 is 0 Å². The summed E-state index contributed by atoms with van der Waals surface area (Å²) in [5, 5.41) is 9.84. The van der Waals surface area contributed by atoms with Crippen molar-refractivity contribution in [2.45, 2.75) is 51.7 Å². The molecule has 3 N–H and O–H groups in total. The molecule has 0 fully saturated rings. The van der Waals surface area contributed by atoms with Crippen molar-refractivity contribution in [3.63, 3.8) is 0 Å². The van der Waals surface area contributed by atoms with Gasteiger partial charge in [0.15, 0.2) is 0 Å². The van der Waals surface area contributed by atoms with E-state index in [1.807, 2.05) is 6.92 Å². The quantitative estimate of drug-likeness (QED) is 0.626. The molecule has 0 bridgehead atoms. The van der Waals surface area contributed by atoms with E-state index in [9.17, 15) is 19.5 Å². The van der Waals surface area contributed by atoms with Crippen LogP contribution in [0.25, 0.3) is 0 Å². The Morgan fingerprint density at radius 1 is 1.27 bits per heavy atom. The molecule has 126 valence electrons. The molecule has 0 saturated carbocycles. The lowest BCUT2D eigenvalue weighted by molar-refractivity contribution is -0.140. The molecule has 3 amide bonds. The summed E-state index contributed by atoms with van der Waals surface area (Å²) in [5.74, 6) is -1.54. The summed E-state index contributed by atoms with van der Waals surface area (Å²) in [5.41, 5.74) is 4.11. The number of carbonyl (C=O) groups is 3. The molecule has 0 aromatic rings. The average molecular weight is 313 g/mol. The zero-order valence-electron chi connectivity index (χ0n) is 14.0. The van der Waals surface area contributed by atoms with Gasteiger partial charge in [-0.25, -0.2) is 0 Å². The molecule has 0 heterocycles. The maximum Gasteiger partial charge on any atom is 0.270 e. The SMILES string of the molecule is C=C(C(=O)N(C)[C@@H](CC(C)(C)O)C(N)=O)N(C)C(=O)CCC. The molecular formula is C15H27N3O4. The first-order valence-electron chi connectivity index (χ1n) is 7.16. The Bertz CT molecular complexity index is 454. The molecule has 0 radical (unpaired) electrons. The lowest BCUT2D eigenvalue weighted by atomic mass is 9.97. The van der Waals surface area contributed by atoms with Crippen LogP contribution in [0.1, 0.15) is 40.0 Å². The van der Waals surface area contributed by atoms with Crippen LogP contribution in [0.2, 0.25) is 0 Å². The molecule has 0 aromatic heterocycles. The summed E-state index contributed by atoms with van der Waals surface area (Å²) in [7, 11) is 2.86. The summed E-state index contributed by atoms with van der Waals surface area (Å²) in [6, 6.07) is -0.987. The Hall–Kier alpha value is -1.89. The van der Waals surface area contributed by atoms with Crippen molar-refractivity contribution in [1.29, 1.82) is 0 Å². The highest BCUT2D eigenvalue weighted by atomic mass is 16.3. The summed E-state index contributed by atoms with van der Waals surface area (Å²) >= 11 is 0. The molecule has 0 rings (SSSR count). The third-order valence-electron chi connectivity index (χ3n) is 3.30. The highest BCUT2D eigenvalue weighted by Gasteiger charge is 2.32. The van der Waals surface area contributed by atoms with Crippen molar-refractivity contribution in [1.82, 2.24) is 9.80 Å². The number of amides is 3. The summed E-state index contributed by atoms with van der Waals surface area (Å²) in [6.45, 7) is 8.51. The summed E-state index contributed by atoms with van der Waals surface area (Å²) in [4.78, 5) is 38.0. The average Bonchev–Trinajstić information content (AvgIpc) is 2.40. The van der Waals surface area contributed by atoms with Crippen LogP contribution in [0.4, 0.5) is 0 Å². The van der Waals surface area contributed by atoms with Crippen molar-refractivity contribution in [2.24, 2.45) is 5.73 Å². The van der Waals surface area contributed by atoms with E-state index >= 15 is 0 Å². The van der Waals surface area contributed by atoms with Gasteiger partial charge in [0, 0.05) is 26.9 Å². The lowest BCUT2D eigenvalue weighted by Gasteiger charge is -2.32. The minimum atomic E-state index is -1.17. The molecule has 0 aliphatic rings. The van der Waals surface area contributed by atoms with Gasteiger partial charge in [-0.1, -0.05) is 13.5 Å². The van der Waals surface area contributed by atoms with Crippen LogP contribution >= 0.6 is 0 Å². The number of hydrogen-bond acceptors (Lipinski definition) is 4. The molecule has 0 unspecified atom stereocenters. The fraction of sp³-hybridized carbons (Fsp3) is 0.667. The van der Waals surface area contributed by atoms with Crippen LogP contribution in [0, 0.1) is 0 Å². The smallest absolute Gasteiger partial charge is 0.270 e. The molecule has 0 aliphatic heterocycles. The molecule has 1 atom stereocenters. The molecule has 0 spiro atoms. The van der Waals surface area contributed by atoms with Gasteiger partial charge < -0.3 is 20.6 Å². The second-order valence-corrected chi connectivity index (χ2v) is 6.00. The Labute approximate surface area is 131 Å². The van der Waals surface area contributed by atoms with E-state index in [1.165, 1.54) is 32.8 Å². The Balaban J connectivity index is 5.11. The van der Waals surface area contributed by atoms with E-state index in [2.05, 4.69) is 6.58 Å². The second kappa shape index (κ2) is 7.93. The molecule has 7 heteroatoms. The number of likely N-dealkylation sites (N-methyl/N-ethyl adjacent to an activating group) is 2. The van der Waals surface area contributed by atoms with Crippen LogP contribution < -0.4 is 5.73 Å². The first-order valence-corrected chi connectivity index (χ1v) is 7.16. The van der Waals surface area contributed by atoms with Crippen molar-refractivity contribution in [3.8, 4) is 0 Å². The molecule has 0 aliphatic carbocycles. The van der Waals surface area contributed by atoms with E-state index < -0.39 is 23.5 Å². The first-order chi connectivity index (χ1) is 9.92. The molecular weight excluding hydrogens is 286 g/mol. The number of aliphatic hydroxyl groups is 1. The van der Waals surface area contributed by atoms with Crippen molar-refractivity contribution in [3.05, 3.63) is 12.3 Å². The van der Waals surface area contributed by atoms with Crippen LogP contribution in [0.3, 0.4) is 0 Å². The molecule has 0 aromatic carbocycles. The van der Waals surface area contributed by atoms with Gasteiger partial charge in [-0.05, 0) is 20.3 Å². The molecule has 0 saturated heterocycles. The van der Waals surface area contributed by atoms with E-state index in [4.69, 9.17) is 5.73 Å². The van der Waals surface area contributed by atoms with Crippen molar-refractivity contribution in [2.75, 3.05) is 14.1 Å². The van der Waals surface area contributed by atoms with E-state index in [1.54, 1.807) is 0 Å². The minimum Gasteiger partial charge on any atom is -0.390 e. The third kappa shape index (κ3) is 5.85. The highest BCUT2D eigenvalue weighted by molar-refractivity contribution is 5.98. The van der Waals surface area contributed by atoms with Crippen molar-refractivity contribution < 1.29 is 19.5 Å². The monoisotopic (exact) mass is 313 g/mol. The second-order valence-electron chi connectivity index (χ2n) is 6.00. The van der Waals surface area contributed by atoms with Crippen LogP contribution in [0.5, 0.6) is 0 Å². The van der Waals surface area contributed by atoms with Crippen LogP contribution in [-0.2, 0) is 14.4 Å². The number of hydrogen-bond donors (Lipinski definition) is 2. The number of nitrogens with two attached hydrogens (primary N) is 1. The van der Waals surface area contributed by atoms with Gasteiger partial charge in [0.25, 0.3) is 5.91 Å². The predicted octanol–water partition coefficient (Wildman–Crippen LogP) is 0.232. The van der Waals surface area contributed by atoms with Crippen LogP contribution in [0.15, 0.2) is 12.3 Å². The zero-order chi connectivity index (χ0) is 17.7. The topological polar surface area (TPSA) is 104 Å². The van der Waals surface area contributed by atoms with Crippen molar-refractivity contribution >= 4 is 17.7 Å². The fourth-order valence-corrected chi connectivity index (χ4v) is 1.92. The normalized spacial score (nSPS) is 12.5. The van der Waals surface area contributed by atoms with E-state index in [0.29, 0.717) is 12.8 Å². The fourth-order valence-electron chi connectivity index (χ4n) is 1.92. The highest BCUT2D eigenvalue weighted by Crippen LogP contribution is 2.17. The first kappa shape index (κ1) is 20.1. The third-order valence-corrected chi connectivity index (χ3v) is 3.30. The lowest BCUT2D eigenvalue weighted by Crippen LogP contribution is -2.50. The van der Waals surface area contributed by atoms with Gasteiger partial charge in [0.1, 0.15) is 11.7 Å². The number of carbonyl (C=O) groups excluding carboxylic acids is 3. The van der Waals surface area contributed by atoms with Gasteiger partial charge in [-0.15, -0.1) is 0 Å². The number of nitrogens with zero attached hydrogens (tertiary/aromatic N) is 2. The van der Waals surface area contributed by atoms with Gasteiger partial charge in [0.2, 0.25) is 11.8 Å². The van der Waals surface area contributed by atoms with Gasteiger partial charge in [-0.3, -0.25) is 14.4 Å². The maximum atomic E-state index is 12.4.